The number of hydrogen-bond acceptors (Lipinski definition) is 2. The maximum Gasteiger partial charge on any atom is 0.408 e. The predicted octanol–water partition coefficient (Wildman–Crippen LogP) is 3.11. The highest BCUT2D eigenvalue weighted by Crippen LogP contribution is 2.37. The number of nitrogens with one attached hydrogen (secondary N) is 1. The molecule has 1 aliphatic rings. The number of cyclic esters (lactones) is 1. The summed E-state index contributed by atoms with van der Waals surface area (Å²) in [6, 6.07) is -0.0579. The summed E-state index contributed by atoms with van der Waals surface area (Å²) in [4.78, 5) is 10.9. The molecule has 0 unspecified atom stereocenters. The number of benzene rings is 1. The van der Waals surface area contributed by atoms with Gasteiger partial charge in [0.15, 0.2) is 6.61 Å². The van der Waals surface area contributed by atoms with Crippen molar-refractivity contribution in [3.05, 3.63) is 34.9 Å². The largest absolute Gasteiger partial charge is 0.443 e. The lowest BCUT2D eigenvalue weighted by Gasteiger charge is -2.32. The van der Waals surface area contributed by atoms with Gasteiger partial charge in [-0.1, -0.05) is 6.07 Å². The number of rotatable bonds is 1. The first-order chi connectivity index (χ1) is 8.33. The zero-order chi connectivity index (χ0) is 13.5. The molecular weight excluding hydrogens is 290 g/mol. The molecule has 2 rings (SSSR count). The maximum absolute atomic E-state index is 13.8. The number of alkyl halides is 2. The molecule has 3 nitrogen and oxygen atoms in total. The zero-order valence-electron chi connectivity index (χ0n) is 9.68. The van der Waals surface area contributed by atoms with Gasteiger partial charge in [-0.2, -0.15) is 0 Å². The highest BCUT2D eigenvalue weighted by molar-refractivity contribution is 5.85. The second kappa shape index (κ2) is 5.24. The average Bonchev–Trinajstić information content (AvgIpc) is 2.29. The summed E-state index contributed by atoms with van der Waals surface area (Å²) in [5.41, 5.74) is -0.834. The van der Waals surface area contributed by atoms with Crippen LogP contribution in [0.25, 0.3) is 0 Å². The standard InChI is InChI=1S/C11H9F4NO2.ClH/c1-5-2-3-6(12)7(8(5)13)9-11(14,15)4-18-10(17)16-9;/h2-3,9H,4H2,1H3,(H,16,17);1H/t9-;/m0./s1. The number of ether oxygens (including phenoxy) is 1. The lowest BCUT2D eigenvalue weighted by molar-refractivity contribution is -0.105. The maximum atomic E-state index is 13.8. The van der Waals surface area contributed by atoms with Crippen molar-refractivity contribution in [2.24, 2.45) is 0 Å². The van der Waals surface area contributed by atoms with E-state index in [0.29, 0.717) is 0 Å². The molecule has 1 N–H and O–H groups in total. The smallest absolute Gasteiger partial charge is 0.408 e. The number of carbonyl (C=O) groups is 1. The Bertz CT molecular complexity index is 510. The molecule has 0 spiro atoms. The Morgan fingerprint density at radius 1 is 1.37 bits per heavy atom. The highest BCUT2D eigenvalue weighted by atomic mass is 35.5. The number of alkyl carbamates (subject to hydrolysis) is 1. The van der Waals surface area contributed by atoms with Gasteiger partial charge in [-0.25, -0.2) is 22.4 Å². The van der Waals surface area contributed by atoms with Crippen molar-refractivity contribution in [2.75, 3.05) is 6.61 Å². The van der Waals surface area contributed by atoms with Crippen LogP contribution in [0.15, 0.2) is 12.1 Å². The summed E-state index contributed by atoms with van der Waals surface area (Å²) < 4.78 is 58.5. The molecule has 8 heteroatoms. The van der Waals surface area contributed by atoms with E-state index in [9.17, 15) is 22.4 Å². The summed E-state index contributed by atoms with van der Waals surface area (Å²) >= 11 is 0. The minimum Gasteiger partial charge on any atom is -0.443 e. The van der Waals surface area contributed by atoms with Gasteiger partial charge in [0.1, 0.15) is 17.7 Å². The van der Waals surface area contributed by atoms with Gasteiger partial charge >= 0.3 is 12.0 Å². The van der Waals surface area contributed by atoms with Gasteiger partial charge in [0.25, 0.3) is 0 Å². The predicted molar refractivity (Wildman–Crippen MR) is 60.5 cm³/mol. The third kappa shape index (κ3) is 2.75. The Balaban J connectivity index is 0.00000180. The Morgan fingerprint density at radius 3 is 2.63 bits per heavy atom. The van der Waals surface area contributed by atoms with Crippen LogP contribution in [0.1, 0.15) is 17.2 Å². The molecule has 1 saturated heterocycles. The Morgan fingerprint density at radius 2 is 2.00 bits per heavy atom. The van der Waals surface area contributed by atoms with Crippen molar-refractivity contribution in [3.63, 3.8) is 0 Å². The molecule has 1 heterocycles. The van der Waals surface area contributed by atoms with E-state index in [0.717, 1.165) is 12.1 Å². The van der Waals surface area contributed by atoms with Crippen LogP contribution in [-0.2, 0) is 4.74 Å². The number of aryl methyl sites for hydroxylation is 1. The Labute approximate surface area is 112 Å². The van der Waals surface area contributed by atoms with Crippen LogP contribution in [0.2, 0.25) is 0 Å². The topological polar surface area (TPSA) is 38.3 Å². The van der Waals surface area contributed by atoms with Gasteiger partial charge in [-0.05, 0) is 18.6 Å². The minimum atomic E-state index is -3.58. The third-order valence-corrected chi connectivity index (χ3v) is 2.69. The number of hydrogen-bond donors (Lipinski definition) is 1. The van der Waals surface area contributed by atoms with Crippen molar-refractivity contribution >= 4 is 18.5 Å². The van der Waals surface area contributed by atoms with E-state index in [4.69, 9.17) is 0 Å². The SMILES string of the molecule is Cc1ccc(F)c([C@@H]2NC(=O)OCC2(F)F)c1F.Cl. The quantitative estimate of drug-likeness (QED) is 0.809. The van der Waals surface area contributed by atoms with Crippen LogP contribution in [0, 0.1) is 18.6 Å². The molecule has 0 bridgehead atoms. The van der Waals surface area contributed by atoms with Gasteiger partial charge in [-0.15, -0.1) is 12.4 Å². The third-order valence-electron chi connectivity index (χ3n) is 2.69. The van der Waals surface area contributed by atoms with E-state index < -0.39 is 41.9 Å². The molecule has 0 radical (unpaired) electrons. The lowest BCUT2D eigenvalue weighted by atomic mass is 9.97. The fourth-order valence-corrected chi connectivity index (χ4v) is 1.74. The van der Waals surface area contributed by atoms with Crippen LogP contribution in [0.5, 0.6) is 0 Å². The number of carbonyl (C=O) groups excluding carboxylic acids is 1. The van der Waals surface area contributed by atoms with Gasteiger partial charge in [0.2, 0.25) is 0 Å². The monoisotopic (exact) mass is 299 g/mol. The first kappa shape index (κ1) is 15.6. The normalized spacial score (nSPS) is 21.1. The van der Waals surface area contributed by atoms with E-state index >= 15 is 0 Å². The van der Waals surface area contributed by atoms with E-state index in [-0.39, 0.29) is 18.0 Å². The van der Waals surface area contributed by atoms with Gasteiger partial charge in [0, 0.05) is 0 Å². The Kier molecular flexibility index (Phi) is 4.29. The summed E-state index contributed by atoms with van der Waals surface area (Å²) in [7, 11) is 0. The van der Waals surface area contributed by atoms with Crippen molar-refractivity contribution < 1.29 is 27.1 Å². The molecular formula is C11H10ClF4NO2. The fraction of sp³-hybridized carbons (Fsp3) is 0.364. The average molecular weight is 300 g/mol. The highest BCUT2D eigenvalue weighted by Gasteiger charge is 2.49. The van der Waals surface area contributed by atoms with Crippen LogP contribution in [-0.4, -0.2) is 18.6 Å². The molecule has 1 aromatic rings. The van der Waals surface area contributed by atoms with Crippen molar-refractivity contribution in [3.8, 4) is 0 Å². The van der Waals surface area contributed by atoms with E-state index in [1.54, 1.807) is 5.32 Å². The fourth-order valence-electron chi connectivity index (χ4n) is 1.74. The van der Waals surface area contributed by atoms with E-state index in [1.165, 1.54) is 6.92 Å². The first-order valence-corrected chi connectivity index (χ1v) is 5.08. The molecule has 1 atom stereocenters. The summed E-state index contributed by atoms with van der Waals surface area (Å²) in [6.45, 7) is 0.105. The molecule has 1 fully saturated rings. The first-order valence-electron chi connectivity index (χ1n) is 5.08. The van der Waals surface area contributed by atoms with Crippen LogP contribution < -0.4 is 5.32 Å². The Hall–Kier alpha value is -1.50. The molecule has 0 saturated carbocycles. The molecule has 19 heavy (non-hydrogen) atoms. The minimum absolute atomic E-state index is 0. The van der Waals surface area contributed by atoms with Crippen LogP contribution in [0.4, 0.5) is 22.4 Å². The molecule has 106 valence electrons. The zero-order valence-corrected chi connectivity index (χ0v) is 10.5. The molecule has 1 aliphatic heterocycles. The lowest BCUT2D eigenvalue weighted by Crippen LogP contribution is -2.50. The second-order valence-corrected chi connectivity index (χ2v) is 4.01. The van der Waals surface area contributed by atoms with Gasteiger partial charge < -0.3 is 10.1 Å². The molecule has 1 amide bonds. The van der Waals surface area contributed by atoms with Gasteiger partial charge in [-0.3, -0.25) is 0 Å². The van der Waals surface area contributed by atoms with Crippen LogP contribution >= 0.6 is 12.4 Å². The summed E-state index contributed by atoms with van der Waals surface area (Å²) in [5.74, 6) is -5.81. The van der Waals surface area contributed by atoms with Gasteiger partial charge in [0.05, 0.1) is 5.56 Å². The summed E-state index contributed by atoms with van der Waals surface area (Å²) in [6.07, 6.45) is -1.13. The molecule has 1 aromatic carbocycles. The van der Waals surface area contributed by atoms with E-state index in [2.05, 4.69) is 4.74 Å². The number of amides is 1. The van der Waals surface area contributed by atoms with Crippen molar-refractivity contribution in [1.29, 1.82) is 0 Å². The molecule has 0 aromatic heterocycles. The van der Waals surface area contributed by atoms with Crippen LogP contribution in [0.3, 0.4) is 0 Å². The summed E-state index contributed by atoms with van der Waals surface area (Å²) in [5, 5.41) is 1.74. The number of halogens is 5. The second-order valence-electron chi connectivity index (χ2n) is 4.01. The van der Waals surface area contributed by atoms with E-state index in [1.807, 2.05) is 0 Å². The molecule has 0 aliphatic carbocycles. The van der Waals surface area contributed by atoms with Crippen molar-refractivity contribution in [1.82, 2.24) is 5.32 Å². The van der Waals surface area contributed by atoms with Crippen molar-refractivity contribution in [2.45, 2.75) is 18.9 Å².